The third-order valence-electron chi connectivity index (χ3n) is 3.52. The Hall–Kier alpha value is -2.02. The van der Waals surface area contributed by atoms with Crippen molar-refractivity contribution in [3.63, 3.8) is 0 Å². The molecule has 0 atom stereocenters. The van der Waals surface area contributed by atoms with Gasteiger partial charge in [-0.3, -0.25) is 14.9 Å². The van der Waals surface area contributed by atoms with Crippen molar-refractivity contribution in [2.75, 3.05) is 0 Å². The summed E-state index contributed by atoms with van der Waals surface area (Å²) in [6.45, 7) is 0. The Morgan fingerprint density at radius 3 is 2.55 bits per heavy atom. The largest absolute Gasteiger partial charge is 0.349 e. The number of amides is 1. The highest BCUT2D eigenvalue weighted by molar-refractivity contribution is 5.94. The minimum Gasteiger partial charge on any atom is -0.349 e. The van der Waals surface area contributed by atoms with E-state index in [0.29, 0.717) is 0 Å². The molecule has 1 fully saturated rings. The van der Waals surface area contributed by atoms with Crippen molar-refractivity contribution in [2.45, 2.75) is 37.8 Å². The Labute approximate surface area is 115 Å². The van der Waals surface area contributed by atoms with Crippen molar-refractivity contribution in [2.24, 2.45) is 5.73 Å². The van der Waals surface area contributed by atoms with E-state index in [-0.39, 0.29) is 23.3 Å². The maximum atomic E-state index is 13.7. The van der Waals surface area contributed by atoms with Gasteiger partial charge in [0.25, 0.3) is 11.6 Å². The monoisotopic (exact) mass is 281 g/mol. The van der Waals surface area contributed by atoms with Gasteiger partial charge in [0.2, 0.25) is 0 Å². The molecular formula is C13H16FN3O3. The first-order valence-corrected chi connectivity index (χ1v) is 6.47. The van der Waals surface area contributed by atoms with Gasteiger partial charge >= 0.3 is 0 Å². The van der Waals surface area contributed by atoms with E-state index >= 15 is 0 Å². The zero-order valence-corrected chi connectivity index (χ0v) is 10.8. The summed E-state index contributed by atoms with van der Waals surface area (Å²) in [7, 11) is 0. The number of nitro groups is 1. The minimum atomic E-state index is -0.885. The van der Waals surface area contributed by atoms with Crippen LogP contribution < -0.4 is 11.1 Å². The number of nitrogens with zero attached hydrogens (tertiary/aromatic N) is 1. The molecule has 108 valence electrons. The van der Waals surface area contributed by atoms with Crippen LogP contribution in [0.1, 0.15) is 36.0 Å². The Balaban J connectivity index is 2.04. The third-order valence-corrected chi connectivity index (χ3v) is 3.52. The van der Waals surface area contributed by atoms with Gasteiger partial charge in [-0.15, -0.1) is 0 Å². The lowest BCUT2D eigenvalue weighted by Crippen LogP contribution is -2.40. The van der Waals surface area contributed by atoms with Crippen molar-refractivity contribution < 1.29 is 14.1 Å². The summed E-state index contributed by atoms with van der Waals surface area (Å²) in [4.78, 5) is 21.8. The molecule has 2 rings (SSSR count). The molecule has 1 saturated carbocycles. The molecule has 1 aliphatic rings. The van der Waals surface area contributed by atoms with Crippen LogP contribution in [0.3, 0.4) is 0 Å². The Kier molecular flexibility index (Phi) is 4.29. The number of nitro benzene ring substituents is 1. The number of hydrogen-bond acceptors (Lipinski definition) is 4. The Bertz CT molecular complexity index is 528. The van der Waals surface area contributed by atoms with Gasteiger partial charge in [0.1, 0.15) is 5.82 Å². The number of benzene rings is 1. The fourth-order valence-corrected chi connectivity index (χ4v) is 2.33. The van der Waals surface area contributed by atoms with Gasteiger partial charge in [-0.2, -0.15) is 0 Å². The predicted octanol–water partition coefficient (Wildman–Crippen LogP) is 1.73. The van der Waals surface area contributed by atoms with Crippen molar-refractivity contribution >= 4 is 11.6 Å². The van der Waals surface area contributed by atoms with Gasteiger partial charge < -0.3 is 11.1 Å². The van der Waals surface area contributed by atoms with Crippen LogP contribution in [0.15, 0.2) is 18.2 Å². The molecule has 0 bridgehead atoms. The zero-order chi connectivity index (χ0) is 14.7. The normalized spacial score (nSPS) is 22.3. The Morgan fingerprint density at radius 2 is 2.00 bits per heavy atom. The van der Waals surface area contributed by atoms with E-state index in [1.807, 2.05) is 0 Å². The van der Waals surface area contributed by atoms with E-state index in [2.05, 4.69) is 5.32 Å². The van der Waals surface area contributed by atoms with Crippen LogP contribution in [-0.2, 0) is 0 Å². The molecule has 0 heterocycles. The number of rotatable bonds is 3. The fourth-order valence-electron chi connectivity index (χ4n) is 2.33. The average molecular weight is 281 g/mol. The third kappa shape index (κ3) is 3.30. The number of non-ortho nitro benzene ring substituents is 1. The Morgan fingerprint density at radius 1 is 1.35 bits per heavy atom. The van der Waals surface area contributed by atoms with E-state index in [9.17, 15) is 19.3 Å². The molecule has 20 heavy (non-hydrogen) atoms. The standard InChI is InChI=1S/C13H16FN3O3/c14-12-7-10(17(19)20)5-6-11(12)13(18)16-9-3-1-8(15)2-4-9/h5-9H,1-4,15H2,(H,16,18). The van der Waals surface area contributed by atoms with Crippen LogP contribution in [0.5, 0.6) is 0 Å². The quantitative estimate of drug-likeness (QED) is 0.651. The second-order valence-corrected chi connectivity index (χ2v) is 5.01. The molecule has 6 nitrogen and oxygen atoms in total. The molecule has 1 aromatic carbocycles. The van der Waals surface area contributed by atoms with Gasteiger partial charge in [-0.1, -0.05) is 0 Å². The van der Waals surface area contributed by atoms with Crippen molar-refractivity contribution in [3.8, 4) is 0 Å². The summed E-state index contributed by atoms with van der Waals surface area (Å²) < 4.78 is 13.7. The topological polar surface area (TPSA) is 98.3 Å². The predicted molar refractivity (Wildman–Crippen MR) is 70.8 cm³/mol. The first-order valence-electron chi connectivity index (χ1n) is 6.47. The number of nitrogens with one attached hydrogen (secondary N) is 1. The van der Waals surface area contributed by atoms with E-state index in [4.69, 9.17) is 5.73 Å². The second-order valence-electron chi connectivity index (χ2n) is 5.01. The zero-order valence-electron chi connectivity index (χ0n) is 10.8. The van der Waals surface area contributed by atoms with E-state index in [1.54, 1.807) is 0 Å². The molecule has 0 aliphatic heterocycles. The summed E-state index contributed by atoms with van der Waals surface area (Å²) in [5.41, 5.74) is 5.22. The van der Waals surface area contributed by atoms with Gasteiger partial charge in [0.15, 0.2) is 0 Å². The highest BCUT2D eigenvalue weighted by Crippen LogP contribution is 2.19. The van der Waals surface area contributed by atoms with Gasteiger partial charge in [-0.25, -0.2) is 4.39 Å². The number of carbonyl (C=O) groups is 1. The van der Waals surface area contributed by atoms with Crippen LogP contribution in [0.2, 0.25) is 0 Å². The van der Waals surface area contributed by atoms with E-state index in [0.717, 1.165) is 43.9 Å². The molecule has 0 unspecified atom stereocenters. The summed E-state index contributed by atoms with van der Waals surface area (Å²) in [5, 5.41) is 13.2. The van der Waals surface area contributed by atoms with E-state index in [1.165, 1.54) is 0 Å². The molecule has 0 saturated heterocycles. The summed E-state index contributed by atoms with van der Waals surface area (Å²) in [6.07, 6.45) is 3.18. The molecule has 0 aromatic heterocycles. The first kappa shape index (κ1) is 14.4. The van der Waals surface area contributed by atoms with Gasteiger partial charge in [-0.05, 0) is 31.7 Å². The van der Waals surface area contributed by atoms with Crippen LogP contribution in [-0.4, -0.2) is 22.9 Å². The highest BCUT2D eigenvalue weighted by Gasteiger charge is 2.22. The number of nitrogens with two attached hydrogens (primary N) is 1. The lowest BCUT2D eigenvalue weighted by molar-refractivity contribution is -0.385. The van der Waals surface area contributed by atoms with Crippen LogP contribution in [0.25, 0.3) is 0 Å². The van der Waals surface area contributed by atoms with Crippen molar-refractivity contribution in [1.29, 1.82) is 0 Å². The lowest BCUT2D eigenvalue weighted by Gasteiger charge is -2.26. The van der Waals surface area contributed by atoms with Crippen molar-refractivity contribution in [3.05, 3.63) is 39.7 Å². The molecule has 3 N–H and O–H groups in total. The first-order chi connectivity index (χ1) is 9.47. The number of hydrogen-bond donors (Lipinski definition) is 2. The fraction of sp³-hybridized carbons (Fsp3) is 0.462. The van der Waals surface area contributed by atoms with Crippen LogP contribution in [0.4, 0.5) is 10.1 Å². The molecule has 7 heteroatoms. The maximum Gasteiger partial charge on any atom is 0.272 e. The van der Waals surface area contributed by atoms with Gasteiger partial charge in [0, 0.05) is 18.2 Å². The SMILES string of the molecule is NC1CCC(NC(=O)c2ccc([N+](=O)[O-])cc2F)CC1. The molecule has 1 amide bonds. The minimum absolute atomic E-state index is 0.0168. The maximum absolute atomic E-state index is 13.7. The second kappa shape index (κ2) is 5.96. The molecular weight excluding hydrogens is 265 g/mol. The lowest BCUT2D eigenvalue weighted by atomic mass is 9.91. The smallest absolute Gasteiger partial charge is 0.272 e. The number of halogens is 1. The van der Waals surface area contributed by atoms with Gasteiger partial charge in [0.05, 0.1) is 16.6 Å². The van der Waals surface area contributed by atoms with Crippen molar-refractivity contribution in [1.82, 2.24) is 5.32 Å². The average Bonchev–Trinajstić information content (AvgIpc) is 2.41. The molecule has 1 aliphatic carbocycles. The molecule has 1 aromatic rings. The summed E-state index contributed by atoms with van der Waals surface area (Å²) in [6, 6.07) is 3.16. The molecule has 0 spiro atoms. The summed E-state index contributed by atoms with van der Waals surface area (Å²) >= 11 is 0. The van der Waals surface area contributed by atoms with Crippen LogP contribution in [0, 0.1) is 15.9 Å². The summed E-state index contributed by atoms with van der Waals surface area (Å²) in [5.74, 6) is -1.43. The van der Waals surface area contributed by atoms with E-state index < -0.39 is 16.6 Å². The molecule has 0 radical (unpaired) electrons. The number of carbonyl (C=O) groups excluding carboxylic acids is 1. The van der Waals surface area contributed by atoms with Crippen LogP contribution >= 0.6 is 0 Å². The highest BCUT2D eigenvalue weighted by atomic mass is 19.1.